The molecule has 3 aromatic heterocycles. The van der Waals surface area contributed by atoms with E-state index in [9.17, 15) is 23.3 Å². The van der Waals surface area contributed by atoms with Crippen molar-refractivity contribution in [2.75, 3.05) is 30.0 Å². The standard InChI is InChI=1S/C33H29N7O8S/c34-31(41)22-5-3-6-28(30(22)39-23-8-11-46-17-27(23)48-33-25(39)12-18-7-10-36-32(18)38-33)49(44,45)21-14-24(40(42)43)29-26(15-21)47-16-20(37-29)13-19-4-1-2-9-35-19/h1-7,9-10,12,14-15,20,23,27,37H,8,11,13,16-17H2,(H2,34,41)(H,36,38)/t20-,23-,27+/m0/s1. The Kier molecular flexibility index (Phi) is 7.33. The molecule has 0 unspecified atom stereocenters. The van der Waals surface area contributed by atoms with Crippen LogP contribution in [0, 0.1) is 10.1 Å². The average molecular weight is 684 g/mol. The monoisotopic (exact) mass is 683 g/mol. The number of carbonyl (C=O) groups is 1. The number of amides is 1. The van der Waals surface area contributed by atoms with Gasteiger partial charge in [0.2, 0.25) is 15.7 Å². The van der Waals surface area contributed by atoms with E-state index in [1.165, 1.54) is 24.3 Å². The molecule has 4 N–H and O–H groups in total. The third kappa shape index (κ3) is 5.25. The van der Waals surface area contributed by atoms with Crippen molar-refractivity contribution in [1.82, 2.24) is 15.0 Å². The minimum Gasteiger partial charge on any atom is -0.489 e. The molecule has 1 saturated heterocycles. The number of carbonyl (C=O) groups excluding carboxylic acids is 1. The van der Waals surface area contributed by atoms with E-state index in [1.54, 1.807) is 29.4 Å². The third-order valence-corrected chi connectivity index (χ3v) is 10.7. The second-order valence-corrected chi connectivity index (χ2v) is 13.9. The number of hydrogen-bond acceptors (Lipinski definition) is 12. The molecule has 0 aliphatic carbocycles. The Morgan fingerprint density at radius 2 is 2.00 bits per heavy atom. The molecule has 8 rings (SSSR count). The van der Waals surface area contributed by atoms with Crippen molar-refractivity contribution < 1.29 is 32.3 Å². The average Bonchev–Trinajstić information content (AvgIpc) is 3.56. The fourth-order valence-electron chi connectivity index (χ4n) is 6.70. The maximum absolute atomic E-state index is 14.7. The lowest BCUT2D eigenvalue weighted by Crippen LogP contribution is -2.53. The number of aromatic nitrogens is 3. The molecular weight excluding hydrogens is 654 g/mol. The molecule has 3 aliphatic rings. The van der Waals surface area contributed by atoms with Crippen LogP contribution in [0.4, 0.5) is 22.7 Å². The number of anilines is 3. The first-order valence-electron chi connectivity index (χ1n) is 15.5. The van der Waals surface area contributed by atoms with E-state index < -0.39 is 38.5 Å². The zero-order chi connectivity index (χ0) is 33.9. The lowest BCUT2D eigenvalue weighted by Gasteiger charge is -2.45. The molecule has 2 aromatic carbocycles. The summed E-state index contributed by atoms with van der Waals surface area (Å²) in [5, 5.41) is 16.3. The molecule has 0 radical (unpaired) electrons. The summed E-state index contributed by atoms with van der Waals surface area (Å²) in [7, 11) is -4.57. The van der Waals surface area contributed by atoms with Crippen LogP contribution in [-0.4, -0.2) is 72.2 Å². The molecule has 0 bridgehead atoms. The van der Waals surface area contributed by atoms with E-state index in [-0.39, 0.29) is 57.6 Å². The fraction of sp³-hybridized carbons (Fsp3) is 0.242. The van der Waals surface area contributed by atoms with Crippen LogP contribution in [-0.2, 0) is 21.0 Å². The Hall–Kier alpha value is -5.74. The molecule has 0 saturated carbocycles. The second-order valence-electron chi connectivity index (χ2n) is 12.0. The van der Waals surface area contributed by atoms with E-state index in [0.29, 0.717) is 30.8 Å². The molecule has 1 fully saturated rings. The van der Waals surface area contributed by atoms with Crippen molar-refractivity contribution in [1.29, 1.82) is 0 Å². The quantitative estimate of drug-likeness (QED) is 0.165. The van der Waals surface area contributed by atoms with E-state index in [4.69, 9.17) is 19.9 Å². The number of nitrogens with zero attached hydrogens (tertiary/aromatic N) is 4. The Balaban J connectivity index is 1.27. The van der Waals surface area contributed by atoms with Crippen LogP contribution in [0.25, 0.3) is 11.0 Å². The van der Waals surface area contributed by atoms with Gasteiger partial charge < -0.3 is 35.1 Å². The maximum atomic E-state index is 14.7. The number of primary amides is 1. The molecule has 0 spiro atoms. The highest BCUT2D eigenvalue weighted by Gasteiger charge is 2.44. The summed E-state index contributed by atoms with van der Waals surface area (Å²) in [5.41, 5.74) is 7.20. The number of benzene rings is 2. The number of H-pyrrole nitrogens is 1. The smallest absolute Gasteiger partial charge is 0.297 e. The number of nitro benzene ring substituents is 1. The molecule has 1 amide bonds. The van der Waals surface area contributed by atoms with Gasteiger partial charge in [0.05, 0.1) is 44.7 Å². The molecule has 15 nitrogen and oxygen atoms in total. The molecule has 49 heavy (non-hydrogen) atoms. The number of para-hydroxylation sites is 1. The first-order valence-corrected chi connectivity index (χ1v) is 17.0. The highest BCUT2D eigenvalue weighted by molar-refractivity contribution is 7.91. The second kappa shape index (κ2) is 11.7. The van der Waals surface area contributed by atoms with Crippen LogP contribution in [0.5, 0.6) is 11.6 Å². The molecule has 5 aromatic rings. The Labute approximate surface area is 279 Å². The number of pyridine rings is 2. The molecular formula is C33H29N7O8S. The summed E-state index contributed by atoms with van der Waals surface area (Å²) in [5.74, 6) is -0.631. The van der Waals surface area contributed by atoms with Crippen LogP contribution in [0.2, 0.25) is 0 Å². The van der Waals surface area contributed by atoms with Gasteiger partial charge in [-0.15, -0.1) is 0 Å². The lowest BCUT2D eigenvalue weighted by atomic mass is 9.98. The van der Waals surface area contributed by atoms with Gasteiger partial charge in [-0.1, -0.05) is 12.1 Å². The Morgan fingerprint density at radius 3 is 2.80 bits per heavy atom. The number of nitro groups is 1. The highest BCUT2D eigenvalue weighted by Crippen LogP contribution is 2.48. The predicted octanol–water partition coefficient (Wildman–Crippen LogP) is 3.90. The van der Waals surface area contributed by atoms with Crippen molar-refractivity contribution in [2.45, 2.75) is 40.8 Å². The Morgan fingerprint density at radius 1 is 1.12 bits per heavy atom. The van der Waals surface area contributed by atoms with Gasteiger partial charge in [-0.2, -0.15) is 4.98 Å². The first kappa shape index (κ1) is 30.6. The zero-order valence-corrected chi connectivity index (χ0v) is 26.6. The summed E-state index contributed by atoms with van der Waals surface area (Å²) in [6, 6.07) is 14.8. The van der Waals surface area contributed by atoms with Crippen molar-refractivity contribution in [3.05, 3.63) is 94.4 Å². The summed E-state index contributed by atoms with van der Waals surface area (Å²) < 4.78 is 47.3. The highest BCUT2D eigenvalue weighted by atomic mass is 32.2. The lowest BCUT2D eigenvalue weighted by molar-refractivity contribution is -0.384. The van der Waals surface area contributed by atoms with Crippen LogP contribution in [0.15, 0.2) is 82.8 Å². The first-order chi connectivity index (χ1) is 23.7. The van der Waals surface area contributed by atoms with Gasteiger partial charge in [0.25, 0.3) is 11.6 Å². The summed E-state index contributed by atoms with van der Waals surface area (Å²) in [6.07, 6.45) is 3.69. The van der Waals surface area contributed by atoms with Crippen LogP contribution in [0.3, 0.4) is 0 Å². The predicted molar refractivity (Wildman–Crippen MR) is 176 cm³/mol. The van der Waals surface area contributed by atoms with Gasteiger partial charge in [0.15, 0.2) is 11.4 Å². The number of hydrogen-bond donors (Lipinski definition) is 3. The van der Waals surface area contributed by atoms with E-state index in [2.05, 4.69) is 20.3 Å². The minimum absolute atomic E-state index is 0.0120. The number of nitrogens with two attached hydrogens (primary N) is 1. The maximum Gasteiger partial charge on any atom is 0.297 e. The van der Waals surface area contributed by atoms with Gasteiger partial charge in [-0.25, -0.2) is 8.42 Å². The van der Waals surface area contributed by atoms with Crippen LogP contribution >= 0.6 is 0 Å². The third-order valence-electron chi connectivity index (χ3n) is 8.93. The van der Waals surface area contributed by atoms with Crippen molar-refractivity contribution >= 4 is 49.5 Å². The molecule has 3 aliphatic heterocycles. The summed E-state index contributed by atoms with van der Waals surface area (Å²) in [4.78, 5) is 37.8. The number of aromatic amines is 1. The van der Waals surface area contributed by atoms with Gasteiger partial charge in [0.1, 0.15) is 24.0 Å². The van der Waals surface area contributed by atoms with Crippen LogP contribution in [0.1, 0.15) is 22.5 Å². The number of ether oxygens (including phenoxy) is 3. The molecule has 16 heteroatoms. The number of fused-ring (bicyclic) bond motifs is 4. The SMILES string of the molecule is NC(=O)c1cccc(S(=O)(=O)c2cc3c(c([N+](=O)[O-])c2)N[C@@H](Cc2ccccn2)CO3)c1N1c2cc3cc[nH]c3nc2O[C@@H]2COCC[C@@H]21. The van der Waals surface area contributed by atoms with Crippen LogP contribution < -0.4 is 25.4 Å². The van der Waals surface area contributed by atoms with Crippen molar-refractivity contribution in [3.8, 4) is 11.6 Å². The van der Waals surface area contributed by atoms with Gasteiger partial charge in [0, 0.05) is 48.6 Å². The van der Waals surface area contributed by atoms with E-state index >= 15 is 0 Å². The molecule has 3 atom stereocenters. The van der Waals surface area contributed by atoms with Gasteiger partial charge in [-0.3, -0.25) is 19.9 Å². The topological polar surface area (TPSA) is 205 Å². The largest absolute Gasteiger partial charge is 0.489 e. The fourth-order valence-corrected chi connectivity index (χ4v) is 8.20. The zero-order valence-electron chi connectivity index (χ0n) is 25.7. The molecule has 250 valence electrons. The minimum atomic E-state index is -4.57. The van der Waals surface area contributed by atoms with E-state index in [0.717, 1.165) is 17.1 Å². The Bertz CT molecular complexity index is 2240. The van der Waals surface area contributed by atoms with Gasteiger partial charge in [-0.05, 0) is 42.8 Å². The number of nitrogens with one attached hydrogen (secondary N) is 2. The number of rotatable bonds is 7. The normalized spacial score (nSPS) is 19.8. The van der Waals surface area contributed by atoms with Crippen molar-refractivity contribution in [2.24, 2.45) is 5.73 Å². The van der Waals surface area contributed by atoms with E-state index in [1.807, 2.05) is 18.2 Å². The molecule has 6 heterocycles. The summed E-state index contributed by atoms with van der Waals surface area (Å²) >= 11 is 0. The van der Waals surface area contributed by atoms with Crippen molar-refractivity contribution in [3.63, 3.8) is 0 Å². The summed E-state index contributed by atoms with van der Waals surface area (Å²) in [6.45, 7) is 0.678. The number of sulfone groups is 1. The van der Waals surface area contributed by atoms with Gasteiger partial charge >= 0.3 is 0 Å².